The summed E-state index contributed by atoms with van der Waals surface area (Å²) in [5.74, 6) is 1.58. The Balaban J connectivity index is 1.84. The van der Waals surface area contributed by atoms with E-state index in [2.05, 4.69) is 32.2 Å². The Kier molecular flexibility index (Phi) is 3.13. The van der Waals surface area contributed by atoms with Crippen molar-refractivity contribution in [3.05, 3.63) is 12.7 Å². The third-order valence-electron chi connectivity index (χ3n) is 3.91. The standard InChI is InChI=1S/C13H19N5/c1-9-5-3-2-4-6-10(9)18-13-11-12(15-7-14-11)16-8-17-13/h7-10H,2-6H2,1H3,(H2,14,15,16,17,18). The van der Waals surface area contributed by atoms with Gasteiger partial charge >= 0.3 is 0 Å². The number of aromatic amines is 1. The van der Waals surface area contributed by atoms with Crippen LogP contribution in [0.3, 0.4) is 0 Å². The summed E-state index contributed by atoms with van der Waals surface area (Å²) < 4.78 is 0. The molecule has 0 saturated heterocycles. The van der Waals surface area contributed by atoms with Gasteiger partial charge in [-0.3, -0.25) is 0 Å². The van der Waals surface area contributed by atoms with Crippen LogP contribution in [0.15, 0.2) is 12.7 Å². The first-order valence-electron chi connectivity index (χ1n) is 6.75. The van der Waals surface area contributed by atoms with Gasteiger partial charge < -0.3 is 10.3 Å². The summed E-state index contributed by atoms with van der Waals surface area (Å²) in [7, 11) is 0. The highest BCUT2D eigenvalue weighted by atomic mass is 15.1. The fourth-order valence-electron chi connectivity index (χ4n) is 2.76. The van der Waals surface area contributed by atoms with Gasteiger partial charge in [-0.2, -0.15) is 0 Å². The van der Waals surface area contributed by atoms with Crippen molar-refractivity contribution in [2.45, 2.75) is 45.1 Å². The number of fused-ring (bicyclic) bond motifs is 1. The predicted molar refractivity (Wildman–Crippen MR) is 71.3 cm³/mol. The number of nitrogens with zero attached hydrogens (tertiary/aromatic N) is 3. The molecule has 96 valence electrons. The van der Waals surface area contributed by atoms with Crippen LogP contribution in [0.5, 0.6) is 0 Å². The quantitative estimate of drug-likeness (QED) is 0.798. The number of anilines is 1. The van der Waals surface area contributed by atoms with Crippen LogP contribution in [0.4, 0.5) is 5.82 Å². The summed E-state index contributed by atoms with van der Waals surface area (Å²) in [4.78, 5) is 15.8. The van der Waals surface area contributed by atoms with Crippen LogP contribution < -0.4 is 5.32 Å². The molecule has 0 bridgehead atoms. The van der Waals surface area contributed by atoms with Gasteiger partial charge in [0.2, 0.25) is 0 Å². The van der Waals surface area contributed by atoms with Gasteiger partial charge in [0.15, 0.2) is 11.5 Å². The second kappa shape index (κ2) is 4.92. The van der Waals surface area contributed by atoms with E-state index >= 15 is 0 Å². The first-order chi connectivity index (χ1) is 8.84. The molecule has 3 rings (SSSR count). The molecule has 5 nitrogen and oxygen atoms in total. The maximum atomic E-state index is 4.34. The molecule has 2 heterocycles. The Morgan fingerprint density at radius 3 is 3.00 bits per heavy atom. The van der Waals surface area contributed by atoms with Gasteiger partial charge in [0, 0.05) is 6.04 Å². The van der Waals surface area contributed by atoms with Crippen molar-refractivity contribution in [2.75, 3.05) is 5.32 Å². The van der Waals surface area contributed by atoms with Crippen LogP contribution in [0.25, 0.3) is 11.2 Å². The fourth-order valence-corrected chi connectivity index (χ4v) is 2.76. The molecule has 1 aliphatic rings. The third-order valence-corrected chi connectivity index (χ3v) is 3.91. The Morgan fingerprint density at radius 2 is 2.06 bits per heavy atom. The summed E-state index contributed by atoms with van der Waals surface area (Å²) in [6.45, 7) is 2.33. The van der Waals surface area contributed by atoms with Crippen molar-refractivity contribution >= 4 is 17.0 Å². The lowest BCUT2D eigenvalue weighted by atomic mass is 9.97. The number of hydrogen-bond donors (Lipinski definition) is 2. The number of H-pyrrole nitrogens is 1. The van der Waals surface area contributed by atoms with Crippen LogP contribution in [-0.4, -0.2) is 26.0 Å². The van der Waals surface area contributed by atoms with Crippen molar-refractivity contribution in [1.29, 1.82) is 0 Å². The number of nitrogens with one attached hydrogen (secondary N) is 2. The van der Waals surface area contributed by atoms with E-state index in [0.717, 1.165) is 17.0 Å². The molecule has 1 saturated carbocycles. The second-order valence-electron chi connectivity index (χ2n) is 5.19. The molecule has 1 fully saturated rings. The molecule has 0 radical (unpaired) electrons. The molecule has 2 aromatic rings. The van der Waals surface area contributed by atoms with Gasteiger partial charge in [0.05, 0.1) is 6.33 Å². The number of hydrogen-bond acceptors (Lipinski definition) is 4. The molecule has 0 amide bonds. The van der Waals surface area contributed by atoms with Crippen LogP contribution >= 0.6 is 0 Å². The molecule has 2 aromatic heterocycles. The number of rotatable bonds is 2. The molecular formula is C13H19N5. The zero-order chi connectivity index (χ0) is 12.4. The summed E-state index contributed by atoms with van der Waals surface area (Å²) in [6.07, 6.45) is 9.77. The van der Waals surface area contributed by atoms with Gasteiger partial charge in [-0.15, -0.1) is 0 Å². The van der Waals surface area contributed by atoms with E-state index in [-0.39, 0.29) is 0 Å². The maximum Gasteiger partial charge on any atom is 0.182 e. The van der Waals surface area contributed by atoms with E-state index in [0.29, 0.717) is 12.0 Å². The van der Waals surface area contributed by atoms with E-state index in [1.54, 1.807) is 12.7 Å². The van der Waals surface area contributed by atoms with Gasteiger partial charge in [-0.25, -0.2) is 15.0 Å². The molecule has 0 spiro atoms. The SMILES string of the molecule is CC1CCCCCC1Nc1ncnc2nc[nH]c12. The first-order valence-corrected chi connectivity index (χ1v) is 6.75. The van der Waals surface area contributed by atoms with Crippen LogP contribution in [0, 0.1) is 5.92 Å². The number of aromatic nitrogens is 4. The van der Waals surface area contributed by atoms with Crippen molar-refractivity contribution in [1.82, 2.24) is 19.9 Å². The van der Waals surface area contributed by atoms with E-state index in [1.807, 2.05) is 0 Å². The monoisotopic (exact) mass is 245 g/mol. The zero-order valence-corrected chi connectivity index (χ0v) is 10.7. The highest BCUT2D eigenvalue weighted by molar-refractivity contribution is 5.82. The molecule has 0 aliphatic heterocycles. The largest absolute Gasteiger partial charge is 0.365 e. The van der Waals surface area contributed by atoms with Crippen molar-refractivity contribution < 1.29 is 0 Å². The first kappa shape index (κ1) is 11.4. The maximum absolute atomic E-state index is 4.34. The summed E-state index contributed by atoms with van der Waals surface area (Å²) in [5.41, 5.74) is 1.64. The Hall–Kier alpha value is -1.65. The highest BCUT2D eigenvalue weighted by Gasteiger charge is 2.21. The smallest absolute Gasteiger partial charge is 0.182 e. The van der Waals surface area contributed by atoms with Gasteiger partial charge in [0.25, 0.3) is 0 Å². The molecule has 2 N–H and O–H groups in total. The lowest BCUT2D eigenvalue weighted by Gasteiger charge is -2.23. The Labute approximate surface area is 106 Å². The second-order valence-corrected chi connectivity index (χ2v) is 5.19. The minimum absolute atomic E-state index is 0.508. The van der Waals surface area contributed by atoms with E-state index < -0.39 is 0 Å². The molecule has 2 unspecified atom stereocenters. The molecular weight excluding hydrogens is 226 g/mol. The van der Waals surface area contributed by atoms with Crippen molar-refractivity contribution in [2.24, 2.45) is 5.92 Å². The molecule has 0 aromatic carbocycles. The molecule has 1 aliphatic carbocycles. The summed E-state index contributed by atoms with van der Waals surface area (Å²) >= 11 is 0. The highest BCUT2D eigenvalue weighted by Crippen LogP contribution is 2.26. The topological polar surface area (TPSA) is 66.5 Å². The lowest BCUT2D eigenvalue weighted by Crippen LogP contribution is -2.26. The van der Waals surface area contributed by atoms with Gasteiger partial charge in [-0.05, 0) is 18.8 Å². The van der Waals surface area contributed by atoms with Crippen LogP contribution in [0.2, 0.25) is 0 Å². The number of imidazole rings is 1. The Morgan fingerprint density at radius 1 is 1.17 bits per heavy atom. The van der Waals surface area contributed by atoms with Crippen LogP contribution in [0.1, 0.15) is 39.0 Å². The normalized spacial score (nSPS) is 24.9. The fraction of sp³-hybridized carbons (Fsp3) is 0.615. The average Bonchev–Trinajstić information content (AvgIpc) is 2.77. The van der Waals surface area contributed by atoms with Crippen molar-refractivity contribution in [3.8, 4) is 0 Å². The van der Waals surface area contributed by atoms with Gasteiger partial charge in [0.1, 0.15) is 11.8 Å². The molecule has 2 atom stereocenters. The van der Waals surface area contributed by atoms with E-state index in [1.165, 1.54) is 32.1 Å². The Bertz CT molecular complexity index is 521. The molecule has 18 heavy (non-hydrogen) atoms. The predicted octanol–water partition coefficient (Wildman–Crippen LogP) is 2.73. The average molecular weight is 245 g/mol. The van der Waals surface area contributed by atoms with Gasteiger partial charge in [-0.1, -0.05) is 26.2 Å². The molecule has 5 heteroatoms. The lowest BCUT2D eigenvalue weighted by molar-refractivity contribution is 0.456. The zero-order valence-electron chi connectivity index (χ0n) is 10.7. The van der Waals surface area contributed by atoms with Crippen molar-refractivity contribution in [3.63, 3.8) is 0 Å². The minimum Gasteiger partial charge on any atom is -0.365 e. The van der Waals surface area contributed by atoms with Crippen LogP contribution in [-0.2, 0) is 0 Å². The van der Waals surface area contributed by atoms with E-state index in [9.17, 15) is 0 Å². The summed E-state index contributed by atoms with van der Waals surface area (Å²) in [6, 6.07) is 0.508. The minimum atomic E-state index is 0.508. The van der Waals surface area contributed by atoms with E-state index in [4.69, 9.17) is 0 Å². The third kappa shape index (κ3) is 2.17. The summed E-state index contributed by atoms with van der Waals surface area (Å²) in [5, 5.41) is 3.58.